The Labute approximate surface area is 207 Å². The molecule has 1 fully saturated rings. The van der Waals surface area contributed by atoms with E-state index in [1.165, 1.54) is 6.42 Å². The predicted octanol–water partition coefficient (Wildman–Crippen LogP) is 4.65. The molecule has 0 spiro atoms. The second-order valence-electron chi connectivity index (χ2n) is 8.93. The molecule has 0 N–H and O–H groups in total. The number of amides is 3. The number of nitrogens with zero attached hydrogens (tertiary/aromatic N) is 3. The monoisotopic (exact) mass is 487 g/mol. The van der Waals surface area contributed by atoms with Crippen LogP contribution < -0.4 is 9.47 Å². The SMILES string of the molecule is COc1ccc(CCN(Cc2cccs2)C(=O)CN(C(=O)N(C)C)C2CCCCC2)cc1OC. The van der Waals surface area contributed by atoms with E-state index in [0.717, 1.165) is 36.1 Å². The van der Waals surface area contributed by atoms with Gasteiger partial charge in [0.15, 0.2) is 11.5 Å². The van der Waals surface area contributed by atoms with E-state index >= 15 is 0 Å². The van der Waals surface area contributed by atoms with Crippen LogP contribution >= 0.6 is 11.3 Å². The molecule has 1 aliphatic rings. The fourth-order valence-electron chi connectivity index (χ4n) is 4.43. The standard InChI is InChI=1S/C26H37N3O4S/c1-27(2)26(31)29(21-9-6-5-7-10-21)19-25(30)28(18-22-11-8-16-34-22)15-14-20-12-13-23(32-3)24(17-20)33-4/h8,11-13,16-17,21H,5-7,9-10,14-15,18-19H2,1-4H3. The molecule has 0 saturated heterocycles. The van der Waals surface area contributed by atoms with Crippen LogP contribution in [0, 0.1) is 0 Å². The van der Waals surface area contributed by atoms with Crippen LogP contribution in [0.1, 0.15) is 42.5 Å². The molecule has 3 amide bonds. The Kier molecular flexibility index (Phi) is 9.62. The number of hydrogen-bond acceptors (Lipinski definition) is 5. The van der Waals surface area contributed by atoms with Crippen molar-refractivity contribution in [3.05, 3.63) is 46.2 Å². The summed E-state index contributed by atoms with van der Waals surface area (Å²) < 4.78 is 10.8. The highest BCUT2D eigenvalue weighted by atomic mass is 32.1. The van der Waals surface area contributed by atoms with Crippen molar-refractivity contribution in [2.24, 2.45) is 0 Å². The summed E-state index contributed by atoms with van der Waals surface area (Å²) >= 11 is 1.64. The van der Waals surface area contributed by atoms with Gasteiger partial charge in [-0.1, -0.05) is 31.4 Å². The Hall–Kier alpha value is -2.74. The summed E-state index contributed by atoms with van der Waals surface area (Å²) in [5.74, 6) is 1.34. The minimum absolute atomic E-state index is 0.0188. The summed E-state index contributed by atoms with van der Waals surface area (Å²) in [6.45, 7) is 1.21. The third kappa shape index (κ3) is 6.88. The number of benzene rings is 1. The third-order valence-electron chi connectivity index (χ3n) is 6.35. The van der Waals surface area contributed by atoms with Crippen molar-refractivity contribution < 1.29 is 19.1 Å². The van der Waals surface area contributed by atoms with Gasteiger partial charge >= 0.3 is 6.03 Å². The van der Waals surface area contributed by atoms with Gasteiger partial charge in [-0.25, -0.2) is 4.79 Å². The third-order valence-corrected chi connectivity index (χ3v) is 7.21. The lowest BCUT2D eigenvalue weighted by atomic mass is 9.94. The van der Waals surface area contributed by atoms with Crippen molar-refractivity contribution in [1.82, 2.24) is 14.7 Å². The van der Waals surface area contributed by atoms with E-state index in [9.17, 15) is 9.59 Å². The first kappa shape index (κ1) is 25.9. The predicted molar refractivity (Wildman–Crippen MR) is 136 cm³/mol. The van der Waals surface area contributed by atoms with Gasteiger partial charge < -0.3 is 24.2 Å². The maximum Gasteiger partial charge on any atom is 0.320 e. The fourth-order valence-corrected chi connectivity index (χ4v) is 5.15. The number of thiophene rings is 1. The molecule has 3 rings (SSSR count). The lowest BCUT2D eigenvalue weighted by Crippen LogP contribution is -2.51. The van der Waals surface area contributed by atoms with E-state index in [4.69, 9.17) is 9.47 Å². The molecule has 1 aromatic carbocycles. The maximum absolute atomic E-state index is 13.6. The van der Waals surface area contributed by atoms with Crippen LogP contribution in [0.15, 0.2) is 35.7 Å². The summed E-state index contributed by atoms with van der Waals surface area (Å²) in [4.78, 5) is 32.9. The number of carbonyl (C=O) groups excluding carboxylic acids is 2. The lowest BCUT2D eigenvalue weighted by molar-refractivity contribution is -0.133. The van der Waals surface area contributed by atoms with Gasteiger partial charge in [0, 0.05) is 31.6 Å². The Morgan fingerprint density at radius 3 is 2.38 bits per heavy atom. The van der Waals surface area contributed by atoms with Crippen molar-refractivity contribution in [2.45, 2.75) is 51.1 Å². The second kappa shape index (κ2) is 12.6. The molecule has 0 bridgehead atoms. The average molecular weight is 488 g/mol. The molecule has 8 heteroatoms. The summed E-state index contributed by atoms with van der Waals surface area (Å²) in [7, 11) is 6.74. The number of carbonyl (C=O) groups is 2. The van der Waals surface area contributed by atoms with E-state index in [-0.39, 0.29) is 24.5 Å². The van der Waals surface area contributed by atoms with Crippen molar-refractivity contribution in [3.63, 3.8) is 0 Å². The fraction of sp³-hybridized carbons (Fsp3) is 0.538. The molecule has 1 aromatic heterocycles. The molecule has 1 heterocycles. The van der Waals surface area contributed by atoms with Gasteiger partial charge in [0.05, 0.1) is 20.8 Å². The zero-order valence-electron chi connectivity index (χ0n) is 20.8. The van der Waals surface area contributed by atoms with Gasteiger partial charge in [0.25, 0.3) is 0 Å². The van der Waals surface area contributed by atoms with Crippen LogP contribution in [0.3, 0.4) is 0 Å². The van der Waals surface area contributed by atoms with Gasteiger partial charge in [-0.3, -0.25) is 4.79 Å². The minimum Gasteiger partial charge on any atom is -0.493 e. The molecule has 1 saturated carbocycles. The first-order valence-corrected chi connectivity index (χ1v) is 12.8. The van der Waals surface area contributed by atoms with Gasteiger partial charge in [-0.2, -0.15) is 0 Å². The molecule has 186 valence electrons. The van der Waals surface area contributed by atoms with Gasteiger partial charge in [-0.05, 0) is 48.4 Å². The number of urea groups is 1. The molecule has 0 unspecified atom stereocenters. The summed E-state index contributed by atoms with van der Waals surface area (Å²) in [6, 6.07) is 9.93. The molecule has 0 aliphatic heterocycles. The first-order chi connectivity index (χ1) is 16.4. The van der Waals surface area contributed by atoms with E-state index < -0.39 is 0 Å². The number of ether oxygens (including phenoxy) is 2. The van der Waals surface area contributed by atoms with E-state index in [0.29, 0.717) is 31.0 Å². The Morgan fingerprint density at radius 1 is 1.03 bits per heavy atom. The maximum atomic E-state index is 13.6. The molecule has 0 radical (unpaired) electrons. The minimum atomic E-state index is -0.0868. The smallest absolute Gasteiger partial charge is 0.320 e. The molecular formula is C26H37N3O4S. The van der Waals surface area contributed by atoms with Gasteiger partial charge in [0.2, 0.25) is 5.91 Å². The van der Waals surface area contributed by atoms with Crippen molar-refractivity contribution in [2.75, 3.05) is 41.4 Å². The average Bonchev–Trinajstić information content (AvgIpc) is 3.38. The summed E-state index contributed by atoms with van der Waals surface area (Å²) in [6.07, 6.45) is 6.02. The quantitative estimate of drug-likeness (QED) is 0.489. The topological polar surface area (TPSA) is 62.3 Å². The summed E-state index contributed by atoms with van der Waals surface area (Å²) in [5.41, 5.74) is 1.06. The van der Waals surface area contributed by atoms with Crippen LogP contribution in [0.5, 0.6) is 11.5 Å². The van der Waals surface area contributed by atoms with Gasteiger partial charge in [0.1, 0.15) is 6.54 Å². The van der Waals surface area contributed by atoms with E-state index in [1.54, 1.807) is 49.5 Å². The molecule has 0 atom stereocenters. The van der Waals surface area contributed by atoms with Crippen LogP contribution in [-0.2, 0) is 17.8 Å². The highest BCUT2D eigenvalue weighted by Gasteiger charge is 2.30. The molecule has 34 heavy (non-hydrogen) atoms. The summed E-state index contributed by atoms with van der Waals surface area (Å²) in [5, 5.41) is 2.02. The van der Waals surface area contributed by atoms with Crippen molar-refractivity contribution in [1.29, 1.82) is 0 Å². The van der Waals surface area contributed by atoms with Crippen LogP contribution in [0.4, 0.5) is 4.79 Å². The molecule has 7 nitrogen and oxygen atoms in total. The van der Waals surface area contributed by atoms with Crippen molar-refractivity contribution >= 4 is 23.3 Å². The second-order valence-corrected chi connectivity index (χ2v) is 9.96. The first-order valence-electron chi connectivity index (χ1n) is 11.9. The van der Waals surface area contributed by atoms with E-state index in [1.807, 2.05) is 40.6 Å². The van der Waals surface area contributed by atoms with E-state index in [2.05, 4.69) is 0 Å². The largest absolute Gasteiger partial charge is 0.493 e. The van der Waals surface area contributed by atoms with Gasteiger partial charge in [-0.15, -0.1) is 11.3 Å². The lowest BCUT2D eigenvalue weighted by Gasteiger charge is -2.36. The molecule has 1 aliphatic carbocycles. The zero-order chi connectivity index (χ0) is 24.5. The Bertz CT molecular complexity index is 926. The Morgan fingerprint density at radius 2 is 1.76 bits per heavy atom. The number of hydrogen-bond donors (Lipinski definition) is 0. The van der Waals surface area contributed by atoms with Crippen LogP contribution in [0.2, 0.25) is 0 Å². The highest BCUT2D eigenvalue weighted by Crippen LogP contribution is 2.28. The Balaban J connectivity index is 1.75. The molecular weight excluding hydrogens is 450 g/mol. The van der Waals surface area contributed by atoms with Crippen LogP contribution in [-0.4, -0.2) is 74.1 Å². The normalized spacial score (nSPS) is 13.9. The molecule has 2 aromatic rings. The number of methoxy groups -OCH3 is 2. The van der Waals surface area contributed by atoms with Crippen LogP contribution in [0.25, 0.3) is 0 Å². The zero-order valence-corrected chi connectivity index (χ0v) is 21.6. The number of rotatable bonds is 10. The highest BCUT2D eigenvalue weighted by molar-refractivity contribution is 7.09. The van der Waals surface area contributed by atoms with Crippen molar-refractivity contribution in [3.8, 4) is 11.5 Å².